The van der Waals surface area contributed by atoms with Crippen LogP contribution in [0.4, 0.5) is 5.82 Å². The minimum Gasteiger partial charge on any atom is -0.351 e. The summed E-state index contributed by atoms with van der Waals surface area (Å²) in [5.74, 6) is 1.59. The summed E-state index contributed by atoms with van der Waals surface area (Å²) in [6.07, 6.45) is 13.1. The van der Waals surface area contributed by atoms with Crippen LogP contribution in [0, 0.1) is 0 Å². The van der Waals surface area contributed by atoms with Gasteiger partial charge in [-0.1, -0.05) is 6.08 Å². The lowest BCUT2D eigenvalue weighted by Gasteiger charge is -2.41. The van der Waals surface area contributed by atoms with Crippen LogP contribution in [-0.4, -0.2) is 62.3 Å². The van der Waals surface area contributed by atoms with E-state index in [1.165, 1.54) is 5.57 Å². The first kappa shape index (κ1) is 16.1. The molecule has 0 aliphatic carbocycles. The van der Waals surface area contributed by atoms with E-state index in [0.29, 0.717) is 5.82 Å². The van der Waals surface area contributed by atoms with Crippen molar-refractivity contribution in [2.75, 3.05) is 24.5 Å². The SMILES string of the molecule is CC1C(C2=CCN=C2)NCCN1c1ccnc(-c2cnc3cnccn23)n1. The molecule has 8 heteroatoms. The normalized spacial score (nSPS) is 22.4. The maximum atomic E-state index is 4.85. The highest BCUT2D eigenvalue weighted by molar-refractivity contribution is 5.83. The highest BCUT2D eigenvalue weighted by Crippen LogP contribution is 2.24. The first-order valence-corrected chi connectivity index (χ1v) is 9.11. The summed E-state index contributed by atoms with van der Waals surface area (Å²) in [7, 11) is 0. The van der Waals surface area contributed by atoms with Crippen LogP contribution in [0.2, 0.25) is 0 Å². The second-order valence-electron chi connectivity index (χ2n) is 6.75. The van der Waals surface area contributed by atoms with E-state index >= 15 is 0 Å². The van der Waals surface area contributed by atoms with Gasteiger partial charge in [-0.05, 0) is 18.6 Å². The molecule has 1 N–H and O–H groups in total. The number of nitrogens with zero attached hydrogens (tertiary/aromatic N) is 7. The van der Waals surface area contributed by atoms with Crippen molar-refractivity contribution in [1.29, 1.82) is 0 Å². The van der Waals surface area contributed by atoms with Crippen LogP contribution < -0.4 is 10.2 Å². The summed E-state index contributed by atoms with van der Waals surface area (Å²) in [6.45, 7) is 4.81. The number of aromatic nitrogens is 5. The van der Waals surface area contributed by atoms with E-state index in [-0.39, 0.29) is 12.1 Å². The molecule has 8 nitrogen and oxygen atoms in total. The number of imidazole rings is 1. The molecule has 136 valence electrons. The fourth-order valence-corrected chi connectivity index (χ4v) is 3.83. The van der Waals surface area contributed by atoms with Crippen molar-refractivity contribution in [3.8, 4) is 11.5 Å². The quantitative estimate of drug-likeness (QED) is 0.759. The smallest absolute Gasteiger partial charge is 0.180 e. The lowest BCUT2D eigenvalue weighted by atomic mass is 9.98. The van der Waals surface area contributed by atoms with Gasteiger partial charge in [0.2, 0.25) is 0 Å². The molecule has 1 fully saturated rings. The summed E-state index contributed by atoms with van der Waals surface area (Å²) >= 11 is 0. The Morgan fingerprint density at radius 3 is 3.04 bits per heavy atom. The lowest BCUT2D eigenvalue weighted by Crippen LogP contribution is -2.57. The standard InChI is InChI=1S/C19H20N8/c1-13-18(14-2-4-20-10-14)22-7-9-26(13)16-3-5-23-19(25-16)15-11-24-17-12-21-6-8-27(15)17/h2-3,5-6,8,10-13,18,22H,4,7,9H2,1H3. The Morgan fingerprint density at radius 1 is 1.19 bits per heavy atom. The highest BCUT2D eigenvalue weighted by atomic mass is 15.3. The fourth-order valence-electron chi connectivity index (χ4n) is 3.83. The van der Waals surface area contributed by atoms with Gasteiger partial charge in [0.25, 0.3) is 0 Å². The van der Waals surface area contributed by atoms with Gasteiger partial charge in [0.1, 0.15) is 11.5 Å². The molecule has 3 aromatic rings. The molecule has 3 aromatic heterocycles. The third kappa shape index (κ3) is 2.78. The minimum absolute atomic E-state index is 0.255. The third-order valence-corrected chi connectivity index (χ3v) is 5.20. The molecule has 1 saturated heterocycles. The maximum Gasteiger partial charge on any atom is 0.180 e. The molecule has 0 saturated carbocycles. The highest BCUT2D eigenvalue weighted by Gasteiger charge is 2.31. The molecule has 5 rings (SSSR count). The Morgan fingerprint density at radius 2 is 2.15 bits per heavy atom. The number of anilines is 1. The topological polar surface area (TPSA) is 83.6 Å². The van der Waals surface area contributed by atoms with E-state index in [4.69, 9.17) is 4.98 Å². The molecule has 0 aromatic carbocycles. The monoisotopic (exact) mass is 360 g/mol. The molecule has 2 aliphatic heterocycles. The van der Waals surface area contributed by atoms with E-state index in [0.717, 1.165) is 36.8 Å². The first-order chi connectivity index (χ1) is 13.3. The summed E-state index contributed by atoms with van der Waals surface area (Å²) in [5, 5.41) is 3.61. The molecule has 2 unspecified atom stereocenters. The van der Waals surface area contributed by atoms with Crippen molar-refractivity contribution in [2.45, 2.75) is 19.0 Å². The van der Waals surface area contributed by atoms with Gasteiger partial charge in [-0.2, -0.15) is 0 Å². The number of aliphatic imine (C=N–C) groups is 1. The van der Waals surface area contributed by atoms with Crippen molar-refractivity contribution in [2.24, 2.45) is 4.99 Å². The predicted molar refractivity (Wildman–Crippen MR) is 104 cm³/mol. The summed E-state index contributed by atoms with van der Waals surface area (Å²) in [6, 6.07) is 2.50. The zero-order valence-electron chi connectivity index (χ0n) is 15.0. The van der Waals surface area contributed by atoms with Gasteiger partial charge in [-0.3, -0.25) is 14.4 Å². The summed E-state index contributed by atoms with van der Waals surface area (Å²) in [4.78, 5) is 24.5. The van der Waals surface area contributed by atoms with Gasteiger partial charge in [0, 0.05) is 43.9 Å². The van der Waals surface area contributed by atoms with Crippen molar-refractivity contribution in [3.05, 3.63) is 48.7 Å². The Bertz CT molecular complexity index is 1040. The maximum absolute atomic E-state index is 4.85. The van der Waals surface area contributed by atoms with Crippen LogP contribution >= 0.6 is 0 Å². The molecule has 0 bridgehead atoms. The first-order valence-electron chi connectivity index (χ1n) is 9.11. The minimum atomic E-state index is 0.255. The number of fused-ring (bicyclic) bond motifs is 1. The van der Waals surface area contributed by atoms with Crippen LogP contribution in [0.25, 0.3) is 17.2 Å². The molecular formula is C19H20N8. The van der Waals surface area contributed by atoms with Gasteiger partial charge in [-0.25, -0.2) is 15.0 Å². The summed E-state index contributed by atoms with van der Waals surface area (Å²) < 4.78 is 1.95. The number of hydrogen-bond donors (Lipinski definition) is 1. The fraction of sp³-hybridized carbons (Fsp3) is 0.316. The van der Waals surface area contributed by atoms with Crippen molar-refractivity contribution >= 4 is 17.7 Å². The van der Waals surface area contributed by atoms with Crippen molar-refractivity contribution in [3.63, 3.8) is 0 Å². The predicted octanol–water partition coefficient (Wildman–Crippen LogP) is 1.36. The van der Waals surface area contributed by atoms with E-state index < -0.39 is 0 Å². The number of rotatable bonds is 3. The van der Waals surface area contributed by atoms with Gasteiger partial charge in [0.15, 0.2) is 11.5 Å². The Balaban J connectivity index is 1.49. The number of piperazine rings is 1. The molecule has 2 aliphatic rings. The molecular weight excluding hydrogens is 340 g/mol. The number of hydrogen-bond acceptors (Lipinski definition) is 7. The molecule has 27 heavy (non-hydrogen) atoms. The second kappa shape index (κ2) is 6.55. The second-order valence-corrected chi connectivity index (χ2v) is 6.75. The van der Waals surface area contributed by atoms with E-state index in [1.54, 1.807) is 18.6 Å². The van der Waals surface area contributed by atoms with Crippen LogP contribution in [0.5, 0.6) is 0 Å². The molecule has 0 spiro atoms. The van der Waals surface area contributed by atoms with E-state index in [9.17, 15) is 0 Å². The molecule has 0 amide bonds. The van der Waals surface area contributed by atoms with Gasteiger partial charge in [0.05, 0.1) is 25.0 Å². The Hall–Kier alpha value is -3.13. The van der Waals surface area contributed by atoms with Crippen LogP contribution in [-0.2, 0) is 0 Å². The van der Waals surface area contributed by atoms with Crippen molar-refractivity contribution < 1.29 is 0 Å². The van der Waals surface area contributed by atoms with E-state index in [2.05, 4.69) is 43.2 Å². The molecule has 2 atom stereocenters. The lowest BCUT2D eigenvalue weighted by molar-refractivity contribution is 0.425. The average molecular weight is 360 g/mol. The Labute approximate surface area is 156 Å². The average Bonchev–Trinajstić information content (AvgIpc) is 3.38. The van der Waals surface area contributed by atoms with Gasteiger partial charge >= 0.3 is 0 Å². The Kier molecular flexibility index (Phi) is 3.90. The van der Waals surface area contributed by atoms with Crippen LogP contribution in [0.3, 0.4) is 0 Å². The van der Waals surface area contributed by atoms with Crippen molar-refractivity contribution in [1.82, 2.24) is 29.7 Å². The zero-order valence-corrected chi connectivity index (χ0v) is 15.0. The summed E-state index contributed by atoms with van der Waals surface area (Å²) in [5.41, 5.74) is 2.90. The zero-order chi connectivity index (χ0) is 18.2. The van der Waals surface area contributed by atoms with Gasteiger partial charge < -0.3 is 10.2 Å². The largest absolute Gasteiger partial charge is 0.351 e. The third-order valence-electron chi connectivity index (χ3n) is 5.20. The van der Waals surface area contributed by atoms with Crippen LogP contribution in [0.1, 0.15) is 6.92 Å². The van der Waals surface area contributed by atoms with E-state index in [1.807, 2.05) is 29.1 Å². The van der Waals surface area contributed by atoms with Crippen LogP contribution in [0.15, 0.2) is 53.7 Å². The molecule has 0 radical (unpaired) electrons. The molecule has 5 heterocycles. The number of nitrogens with one attached hydrogen (secondary N) is 1. The van der Waals surface area contributed by atoms with Gasteiger partial charge in [-0.15, -0.1) is 0 Å².